The van der Waals surface area contributed by atoms with E-state index >= 15 is 0 Å². The number of para-hydroxylation sites is 1. The Morgan fingerprint density at radius 2 is 1.96 bits per heavy atom. The van der Waals surface area contributed by atoms with Crippen LogP contribution in [0.1, 0.15) is 18.6 Å². The van der Waals surface area contributed by atoms with Gasteiger partial charge >= 0.3 is 0 Å². The van der Waals surface area contributed by atoms with Crippen LogP contribution in [0.4, 0.5) is 5.69 Å². The van der Waals surface area contributed by atoms with Gasteiger partial charge in [-0.3, -0.25) is 14.5 Å². The van der Waals surface area contributed by atoms with Crippen LogP contribution in [0.2, 0.25) is 10.0 Å². The van der Waals surface area contributed by atoms with E-state index in [1.807, 2.05) is 4.90 Å². The van der Waals surface area contributed by atoms with Gasteiger partial charge in [0.05, 0.1) is 41.1 Å². The van der Waals surface area contributed by atoms with Crippen LogP contribution in [0.15, 0.2) is 41.0 Å². The zero-order valence-electron chi connectivity index (χ0n) is 14.0. The number of hydrogen-bond acceptors (Lipinski definition) is 4. The molecular formula is C18H19Cl2N3O3. The summed E-state index contributed by atoms with van der Waals surface area (Å²) in [6.07, 6.45) is 3.14. The van der Waals surface area contributed by atoms with Gasteiger partial charge in [0.2, 0.25) is 11.8 Å². The summed E-state index contributed by atoms with van der Waals surface area (Å²) in [6, 6.07) is 8.26. The molecule has 2 aromatic rings. The first-order valence-electron chi connectivity index (χ1n) is 8.32. The summed E-state index contributed by atoms with van der Waals surface area (Å²) < 4.78 is 5.21. The molecule has 2 heterocycles. The maximum atomic E-state index is 12.4. The lowest BCUT2D eigenvalue weighted by Gasteiger charge is -2.23. The molecule has 1 aliphatic heterocycles. The van der Waals surface area contributed by atoms with Crippen molar-refractivity contribution in [3.05, 3.63) is 52.4 Å². The van der Waals surface area contributed by atoms with Crippen LogP contribution in [-0.4, -0.2) is 35.8 Å². The highest BCUT2D eigenvalue weighted by atomic mass is 35.5. The van der Waals surface area contributed by atoms with E-state index in [2.05, 4.69) is 10.6 Å². The molecule has 3 rings (SSSR count). The molecule has 2 amide bonds. The molecule has 8 heteroatoms. The molecule has 1 unspecified atom stereocenters. The van der Waals surface area contributed by atoms with Crippen molar-refractivity contribution in [1.29, 1.82) is 0 Å². The average molecular weight is 396 g/mol. The zero-order valence-corrected chi connectivity index (χ0v) is 15.5. The fourth-order valence-corrected chi connectivity index (χ4v) is 3.49. The van der Waals surface area contributed by atoms with Crippen molar-refractivity contribution >= 4 is 40.7 Å². The summed E-state index contributed by atoms with van der Waals surface area (Å²) in [6.45, 7) is 1.11. The molecule has 0 spiro atoms. The third kappa shape index (κ3) is 4.58. The van der Waals surface area contributed by atoms with Crippen LogP contribution in [-0.2, 0) is 16.1 Å². The van der Waals surface area contributed by atoms with Gasteiger partial charge in [-0.25, -0.2) is 0 Å². The quantitative estimate of drug-likeness (QED) is 0.786. The number of hydrogen-bond donors (Lipinski definition) is 2. The first kappa shape index (κ1) is 18.8. The number of amides is 2. The number of carbonyl (C=O) groups excluding carboxylic acids is 2. The summed E-state index contributed by atoms with van der Waals surface area (Å²) in [5, 5.41) is 6.33. The third-order valence-corrected chi connectivity index (χ3v) is 4.89. The average Bonchev–Trinajstić information content (AvgIpc) is 3.28. The van der Waals surface area contributed by atoms with E-state index in [0.717, 1.165) is 6.42 Å². The second-order valence-electron chi connectivity index (χ2n) is 6.07. The molecule has 0 aliphatic carbocycles. The van der Waals surface area contributed by atoms with Gasteiger partial charge in [0, 0.05) is 0 Å². The lowest BCUT2D eigenvalue weighted by Crippen LogP contribution is -2.45. The SMILES string of the molecule is O=C(CN1CCCC1C(=O)NCc1ccco1)Nc1c(Cl)cccc1Cl. The van der Waals surface area contributed by atoms with Crippen LogP contribution in [0.5, 0.6) is 0 Å². The smallest absolute Gasteiger partial charge is 0.238 e. The molecule has 0 saturated carbocycles. The van der Waals surface area contributed by atoms with Crippen LogP contribution in [0, 0.1) is 0 Å². The highest BCUT2D eigenvalue weighted by Gasteiger charge is 2.32. The summed E-state index contributed by atoms with van der Waals surface area (Å²) in [4.78, 5) is 26.7. The van der Waals surface area contributed by atoms with E-state index in [1.165, 1.54) is 0 Å². The Labute approximate surface area is 161 Å². The first-order chi connectivity index (χ1) is 12.5. The molecule has 1 aliphatic rings. The van der Waals surface area contributed by atoms with Gasteiger partial charge in [-0.15, -0.1) is 0 Å². The molecule has 0 bridgehead atoms. The monoisotopic (exact) mass is 395 g/mol. The normalized spacial score (nSPS) is 17.2. The number of halogens is 2. The Hall–Kier alpha value is -2.02. The lowest BCUT2D eigenvalue weighted by atomic mass is 10.2. The summed E-state index contributed by atoms with van der Waals surface area (Å²) >= 11 is 12.1. The molecule has 26 heavy (non-hydrogen) atoms. The van der Waals surface area contributed by atoms with Crippen molar-refractivity contribution in [2.75, 3.05) is 18.4 Å². The van der Waals surface area contributed by atoms with Crippen LogP contribution >= 0.6 is 23.2 Å². The number of anilines is 1. The highest BCUT2D eigenvalue weighted by Crippen LogP contribution is 2.29. The van der Waals surface area contributed by atoms with Crippen molar-refractivity contribution in [2.45, 2.75) is 25.4 Å². The van der Waals surface area contributed by atoms with Gasteiger partial charge in [-0.2, -0.15) is 0 Å². The molecule has 1 aromatic heterocycles. The number of nitrogens with one attached hydrogen (secondary N) is 2. The van der Waals surface area contributed by atoms with Gasteiger partial charge in [-0.05, 0) is 43.7 Å². The van der Waals surface area contributed by atoms with Gasteiger partial charge < -0.3 is 15.1 Å². The maximum absolute atomic E-state index is 12.4. The first-order valence-corrected chi connectivity index (χ1v) is 9.08. The standard InChI is InChI=1S/C18H19Cl2N3O3/c19-13-5-1-6-14(20)17(13)22-16(24)11-23-8-2-7-15(23)18(25)21-10-12-4-3-9-26-12/h1,3-6,9,15H,2,7-8,10-11H2,(H,21,25)(H,22,24). The van der Waals surface area contributed by atoms with Crippen LogP contribution in [0.25, 0.3) is 0 Å². The minimum absolute atomic E-state index is 0.0976. The Morgan fingerprint density at radius 1 is 1.19 bits per heavy atom. The maximum Gasteiger partial charge on any atom is 0.238 e. The molecule has 1 atom stereocenters. The lowest BCUT2D eigenvalue weighted by molar-refractivity contribution is -0.126. The fourth-order valence-electron chi connectivity index (χ4n) is 3.00. The molecule has 138 valence electrons. The van der Waals surface area contributed by atoms with Gasteiger partial charge in [-0.1, -0.05) is 29.3 Å². The van der Waals surface area contributed by atoms with E-state index in [0.29, 0.717) is 41.0 Å². The van der Waals surface area contributed by atoms with Crippen LogP contribution in [0.3, 0.4) is 0 Å². The molecular weight excluding hydrogens is 377 g/mol. The van der Waals surface area contributed by atoms with E-state index in [1.54, 1.807) is 36.6 Å². The Bertz CT molecular complexity index is 760. The fraction of sp³-hybridized carbons (Fsp3) is 0.333. The molecule has 1 aromatic carbocycles. The van der Waals surface area contributed by atoms with Gasteiger partial charge in [0.25, 0.3) is 0 Å². The van der Waals surface area contributed by atoms with E-state index in [-0.39, 0.29) is 24.4 Å². The second-order valence-corrected chi connectivity index (χ2v) is 6.88. The van der Waals surface area contributed by atoms with Gasteiger partial charge in [0.15, 0.2) is 0 Å². The summed E-state index contributed by atoms with van der Waals surface area (Å²) in [7, 11) is 0. The third-order valence-electron chi connectivity index (χ3n) is 4.26. The van der Waals surface area contributed by atoms with Crippen molar-refractivity contribution in [1.82, 2.24) is 10.2 Å². The number of carbonyl (C=O) groups is 2. The van der Waals surface area contributed by atoms with Crippen LogP contribution < -0.4 is 10.6 Å². The predicted molar refractivity (Wildman–Crippen MR) is 100 cm³/mol. The number of nitrogens with zero attached hydrogens (tertiary/aromatic N) is 1. The molecule has 2 N–H and O–H groups in total. The molecule has 1 fully saturated rings. The zero-order chi connectivity index (χ0) is 18.5. The topological polar surface area (TPSA) is 74.6 Å². The molecule has 6 nitrogen and oxygen atoms in total. The van der Waals surface area contributed by atoms with Crippen molar-refractivity contribution < 1.29 is 14.0 Å². The van der Waals surface area contributed by atoms with E-state index in [9.17, 15) is 9.59 Å². The van der Waals surface area contributed by atoms with Crippen molar-refractivity contribution in [2.24, 2.45) is 0 Å². The van der Waals surface area contributed by atoms with Gasteiger partial charge in [0.1, 0.15) is 5.76 Å². The summed E-state index contributed by atoms with van der Waals surface area (Å²) in [5.74, 6) is 0.321. The number of benzene rings is 1. The Kier molecular flexibility index (Phi) is 6.19. The predicted octanol–water partition coefficient (Wildman–Crippen LogP) is 3.31. The number of furan rings is 1. The molecule has 1 saturated heterocycles. The van der Waals surface area contributed by atoms with E-state index < -0.39 is 0 Å². The second kappa shape index (κ2) is 8.58. The highest BCUT2D eigenvalue weighted by molar-refractivity contribution is 6.39. The minimum atomic E-state index is -0.336. The van der Waals surface area contributed by atoms with E-state index in [4.69, 9.17) is 27.6 Å². The summed E-state index contributed by atoms with van der Waals surface area (Å²) in [5.41, 5.74) is 0.388. The number of likely N-dealkylation sites (tertiary alicyclic amines) is 1. The largest absolute Gasteiger partial charge is 0.467 e. The van der Waals surface area contributed by atoms with Crippen molar-refractivity contribution in [3.63, 3.8) is 0 Å². The molecule has 0 radical (unpaired) electrons. The number of rotatable bonds is 6. The Balaban J connectivity index is 1.56. The van der Waals surface area contributed by atoms with Crippen molar-refractivity contribution in [3.8, 4) is 0 Å². The Morgan fingerprint density at radius 3 is 2.65 bits per heavy atom. The minimum Gasteiger partial charge on any atom is -0.467 e.